The highest BCUT2D eigenvalue weighted by Crippen LogP contribution is 2.37. The predicted molar refractivity (Wildman–Crippen MR) is 107 cm³/mol. The van der Waals surface area contributed by atoms with Crippen LogP contribution in [0.2, 0.25) is 0 Å². The molecular formula is C15H25F3IN5S. The van der Waals surface area contributed by atoms with Gasteiger partial charge in [-0.1, -0.05) is 0 Å². The van der Waals surface area contributed by atoms with Crippen molar-refractivity contribution >= 4 is 41.7 Å². The molecule has 1 atom stereocenters. The van der Waals surface area contributed by atoms with Gasteiger partial charge in [0.15, 0.2) is 11.7 Å². The number of halogens is 4. The normalized spacial score (nSPS) is 21.1. The highest BCUT2D eigenvalue weighted by molar-refractivity contribution is 14.0. The molecule has 144 valence electrons. The summed E-state index contributed by atoms with van der Waals surface area (Å²) in [5.74, 6) is 1.68. The van der Waals surface area contributed by atoms with Crippen molar-refractivity contribution in [2.24, 2.45) is 12.0 Å². The maximum absolute atomic E-state index is 13.0. The summed E-state index contributed by atoms with van der Waals surface area (Å²) in [6.07, 6.45) is -0.776. The maximum Gasteiger partial charge on any atom is 0.435 e. The van der Waals surface area contributed by atoms with Crippen LogP contribution in [-0.2, 0) is 19.8 Å². The quantitative estimate of drug-likeness (QED) is 0.377. The highest BCUT2D eigenvalue weighted by atomic mass is 127. The number of guanidine groups is 1. The second-order valence-corrected chi connectivity index (χ2v) is 7.81. The van der Waals surface area contributed by atoms with Gasteiger partial charge >= 0.3 is 6.18 Å². The number of hydrogen-bond donors (Lipinski definition) is 2. The van der Waals surface area contributed by atoms with Gasteiger partial charge < -0.3 is 10.6 Å². The van der Waals surface area contributed by atoms with Crippen LogP contribution in [0.15, 0.2) is 11.2 Å². The molecule has 1 fully saturated rings. The van der Waals surface area contributed by atoms with E-state index in [1.807, 2.05) is 18.7 Å². The number of alkyl halides is 3. The number of nitrogens with zero attached hydrogens (tertiary/aromatic N) is 3. The van der Waals surface area contributed by atoms with Crippen molar-refractivity contribution in [2.75, 3.05) is 18.8 Å². The van der Waals surface area contributed by atoms with Crippen LogP contribution in [0.3, 0.4) is 0 Å². The molecule has 25 heavy (non-hydrogen) atoms. The number of hydrogen-bond acceptors (Lipinski definition) is 3. The minimum absolute atomic E-state index is 0. The molecule has 5 nitrogen and oxygen atoms in total. The van der Waals surface area contributed by atoms with Gasteiger partial charge in [0, 0.05) is 36.6 Å². The zero-order chi connectivity index (χ0) is 17.8. The third-order valence-corrected chi connectivity index (χ3v) is 5.39. The summed E-state index contributed by atoms with van der Waals surface area (Å²) in [6.45, 7) is 5.44. The van der Waals surface area contributed by atoms with Crippen molar-refractivity contribution < 1.29 is 13.2 Å². The first-order valence-corrected chi connectivity index (χ1v) is 8.98. The number of rotatable bonds is 5. The summed E-state index contributed by atoms with van der Waals surface area (Å²) < 4.78 is 40.3. The Hall–Kier alpha value is -0.650. The number of nitrogens with one attached hydrogen (secondary N) is 2. The third kappa shape index (κ3) is 6.54. The first kappa shape index (κ1) is 22.4. The lowest BCUT2D eigenvalue weighted by atomic mass is 10.1. The van der Waals surface area contributed by atoms with Gasteiger partial charge in [-0.05, 0) is 32.4 Å². The Bertz CT molecular complexity index is 582. The third-order valence-electron chi connectivity index (χ3n) is 3.86. The zero-order valence-corrected chi connectivity index (χ0v) is 17.8. The largest absolute Gasteiger partial charge is 0.435 e. The average Bonchev–Trinajstić information content (AvgIpc) is 3.08. The second-order valence-electron chi connectivity index (χ2n) is 6.13. The standard InChI is InChI=1S/C15H24F3N5S.HI/c1-4-19-13(21-10-14(2)6-5-7-24-14)20-8-11-9-23(3)22-12(11)15(16,17)18;/h9H,4-8,10H2,1-3H3,(H2,19,20,21);1H. The maximum atomic E-state index is 13.0. The fourth-order valence-corrected chi connectivity index (χ4v) is 3.89. The summed E-state index contributed by atoms with van der Waals surface area (Å²) in [6, 6.07) is 0. The van der Waals surface area contributed by atoms with E-state index >= 15 is 0 Å². The van der Waals surface area contributed by atoms with Gasteiger partial charge in [0.1, 0.15) is 0 Å². The van der Waals surface area contributed by atoms with Crippen LogP contribution in [0.5, 0.6) is 0 Å². The summed E-state index contributed by atoms with van der Waals surface area (Å²) >= 11 is 1.92. The van der Waals surface area contributed by atoms with E-state index < -0.39 is 11.9 Å². The topological polar surface area (TPSA) is 54.2 Å². The highest BCUT2D eigenvalue weighted by Gasteiger charge is 2.36. The van der Waals surface area contributed by atoms with Gasteiger partial charge in [-0.25, -0.2) is 4.99 Å². The average molecular weight is 491 g/mol. The number of aryl methyl sites for hydroxylation is 1. The fraction of sp³-hybridized carbons (Fsp3) is 0.733. The summed E-state index contributed by atoms with van der Waals surface area (Å²) in [4.78, 5) is 4.30. The lowest BCUT2D eigenvalue weighted by molar-refractivity contribution is -0.142. The Morgan fingerprint density at radius 3 is 2.72 bits per heavy atom. The summed E-state index contributed by atoms with van der Waals surface area (Å²) in [7, 11) is 1.48. The van der Waals surface area contributed by atoms with Crippen LogP contribution in [0, 0.1) is 0 Å². The van der Waals surface area contributed by atoms with Gasteiger partial charge in [-0.3, -0.25) is 4.68 Å². The lowest BCUT2D eigenvalue weighted by Gasteiger charge is -2.24. The van der Waals surface area contributed by atoms with Crippen LogP contribution in [-0.4, -0.2) is 39.3 Å². The molecule has 1 aromatic heterocycles. The van der Waals surface area contributed by atoms with Crippen LogP contribution in [0.4, 0.5) is 13.2 Å². The monoisotopic (exact) mass is 491 g/mol. The molecule has 0 bridgehead atoms. The molecule has 10 heteroatoms. The second kappa shape index (κ2) is 9.33. The molecular weight excluding hydrogens is 466 g/mol. The molecule has 0 saturated carbocycles. The minimum atomic E-state index is -4.47. The molecule has 1 aliphatic heterocycles. The van der Waals surface area contributed by atoms with Crippen molar-refractivity contribution in [2.45, 2.75) is 44.2 Å². The number of aliphatic imine (C=N–C) groups is 1. The lowest BCUT2D eigenvalue weighted by Crippen LogP contribution is -2.43. The molecule has 1 aromatic rings. The van der Waals surface area contributed by atoms with Gasteiger partial charge in [-0.15, -0.1) is 24.0 Å². The minimum Gasteiger partial charge on any atom is -0.357 e. The van der Waals surface area contributed by atoms with Crippen LogP contribution in [0.25, 0.3) is 0 Å². The van der Waals surface area contributed by atoms with Crippen molar-refractivity contribution in [3.8, 4) is 0 Å². The van der Waals surface area contributed by atoms with E-state index in [1.165, 1.54) is 24.3 Å². The van der Waals surface area contributed by atoms with Gasteiger partial charge in [0.25, 0.3) is 0 Å². The van der Waals surface area contributed by atoms with Gasteiger partial charge in [0.05, 0.1) is 6.54 Å². The Labute approximate surface area is 167 Å². The molecule has 0 radical (unpaired) electrons. The SMILES string of the molecule is CCNC(=NCc1cn(C)nc1C(F)(F)F)NCC1(C)CCCS1.I. The zero-order valence-electron chi connectivity index (χ0n) is 14.6. The van der Waals surface area contributed by atoms with Crippen molar-refractivity contribution in [1.29, 1.82) is 0 Å². The number of aromatic nitrogens is 2. The molecule has 2 heterocycles. The van der Waals surface area contributed by atoms with E-state index in [-0.39, 0.29) is 40.8 Å². The first-order valence-electron chi connectivity index (χ1n) is 7.99. The summed E-state index contributed by atoms with van der Waals surface area (Å²) in [5, 5.41) is 9.83. The van der Waals surface area contributed by atoms with E-state index in [4.69, 9.17) is 0 Å². The Morgan fingerprint density at radius 1 is 1.44 bits per heavy atom. The molecule has 2 N–H and O–H groups in total. The van der Waals surface area contributed by atoms with Crippen molar-refractivity contribution in [3.63, 3.8) is 0 Å². The molecule has 1 unspecified atom stereocenters. The van der Waals surface area contributed by atoms with Crippen molar-refractivity contribution in [3.05, 3.63) is 17.5 Å². The summed E-state index contributed by atoms with van der Waals surface area (Å²) in [5.41, 5.74) is -0.799. The molecule has 0 amide bonds. The first-order chi connectivity index (χ1) is 11.2. The van der Waals surface area contributed by atoms with E-state index in [1.54, 1.807) is 0 Å². The Kier molecular flexibility index (Phi) is 8.36. The van der Waals surface area contributed by atoms with Gasteiger partial charge in [0.2, 0.25) is 0 Å². The van der Waals surface area contributed by atoms with Gasteiger partial charge in [-0.2, -0.15) is 30.0 Å². The fourth-order valence-electron chi connectivity index (χ4n) is 2.64. The molecule has 1 aliphatic rings. The molecule has 1 saturated heterocycles. The Morgan fingerprint density at radius 2 is 2.16 bits per heavy atom. The van der Waals surface area contributed by atoms with Crippen LogP contribution < -0.4 is 10.6 Å². The van der Waals surface area contributed by atoms with E-state index in [2.05, 4.69) is 27.6 Å². The smallest absolute Gasteiger partial charge is 0.357 e. The Balaban J connectivity index is 0.00000312. The van der Waals surface area contributed by atoms with Crippen molar-refractivity contribution in [1.82, 2.24) is 20.4 Å². The molecule has 0 spiro atoms. The van der Waals surface area contributed by atoms with E-state index in [9.17, 15) is 13.2 Å². The van der Waals surface area contributed by atoms with Crippen LogP contribution >= 0.6 is 35.7 Å². The van der Waals surface area contributed by atoms with E-state index in [0.29, 0.717) is 12.5 Å². The predicted octanol–water partition coefficient (Wildman–Crippen LogP) is 3.40. The van der Waals surface area contributed by atoms with Crippen LogP contribution in [0.1, 0.15) is 37.9 Å². The van der Waals surface area contributed by atoms with E-state index in [0.717, 1.165) is 18.7 Å². The molecule has 0 aromatic carbocycles. The number of thioether (sulfide) groups is 1. The molecule has 2 rings (SSSR count). The molecule has 0 aliphatic carbocycles.